The van der Waals surface area contributed by atoms with Crippen LogP contribution < -0.4 is 5.32 Å². The normalized spacial score (nSPS) is 13.8. The molecule has 9 nitrogen and oxygen atoms in total. The quantitative estimate of drug-likeness (QED) is 0.419. The molecule has 5 aromatic rings. The van der Waals surface area contributed by atoms with E-state index in [0.717, 1.165) is 22.4 Å². The summed E-state index contributed by atoms with van der Waals surface area (Å²) in [6.07, 6.45) is 11.9. The summed E-state index contributed by atoms with van der Waals surface area (Å²) in [6, 6.07) is 5.98. The molecule has 1 saturated carbocycles. The van der Waals surface area contributed by atoms with Crippen LogP contribution in [-0.4, -0.2) is 39.7 Å². The van der Waals surface area contributed by atoms with E-state index in [2.05, 4.69) is 48.3 Å². The number of rotatable bonds is 6. The van der Waals surface area contributed by atoms with Gasteiger partial charge >= 0.3 is 0 Å². The second-order valence-electron chi connectivity index (χ2n) is 8.45. The van der Waals surface area contributed by atoms with E-state index in [9.17, 15) is 4.79 Å². The number of hydrogen-bond acceptors (Lipinski definition) is 5. The van der Waals surface area contributed by atoms with E-state index >= 15 is 0 Å². The predicted octanol–water partition coefficient (Wildman–Crippen LogP) is 3.39. The summed E-state index contributed by atoms with van der Waals surface area (Å²) in [5.74, 6) is 0.709. The summed E-state index contributed by atoms with van der Waals surface area (Å²) < 4.78 is 5.53. The molecule has 0 unspecified atom stereocenters. The fourth-order valence-corrected chi connectivity index (χ4v) is 4.21. The van der Waals surface area contributed by atoms with Gasteiger partial charge in [-0.2, -0.15) is 0 Å². The largest absolute Gasteiger partial charge is 0.344 e. The molecule has 5 heterocycles. The van der Waals surface area contributed by atoms with Crippen LogP contribution in [0.2, 0.25) is 5.02 Å². The molecule has 1 aliphatic rings. The third-order valence-corrected chi connectivity index (χ3v) is 6.43. The number of fused-ring (bicyclic) bond motifs is 2. The number of aryl methyl sites for hydroxylation is 1. The molecule has 166 valence electrons. The van der Waals surface area contributed by atoms with Gasteiger partial charge in [0.15, 0.2) is 0 Å². The Hall–Kier alpha value is -3.72. The summed E-state index contributed by atoms with van der Waals surface area (Å²) in [6.45, 7) is 2.65. The highest BCUT2D eigenvalue weighted by Gasteiger charge is 2.23. The number of carbonyl (C=O) groups is 1. The van der Waals surface area contributed by atoms with Crippen molar-refractivity contribution in [3.8, 4) is 0 Å². The van der Waals surface area contributed by atoms with Crippen LogP contribution >= 0.6 is 11.6 Å². The van der Waals surface area contributed by atoms with Gasteiger partial charge in [-0.3, -0.25) is 9.20 Å². The maximum absolute atomic E-state index is 12.7. The molecule has 0 radical (unpaired) electrons. The number of nitrogens with one attached hydrogen (secondary N) is 1. The highest BCUT2D eigenvalue weighted by molar-refractivity contribution is 6.31. The lowest BCUT2D eigenvalue weighted by Crippen LogP contribution is -2.25. The molecule has 1 amide bonds. The topological polar surface area (TPSA) is 94.4 Å². The van der Waals surface area contributed by atoms with Crippen LogP contribution in [0.5, 0.6) is 0 Å². The minimum atomic E-state index is -0.293. The Labute approximate surface area is 194 Å². The molecular weight excluding hydrogens is 440 g/mol. The zero-order valence-electron chi connectivity index (χ0n) is 17.9. The van der Waals surface area contributed by atoms with E-state index in [0.29, 0.717) is 29.0 Å². The van der Waals surface area contributed by atoms with Crippen LogP contribution in [0.15, 0.2) is 49.2 Å². The van der Waals surface area contributed by atoms with Crippen LogP contribution in [0.4, 0.5) is 0 Å². The Bertz CT molecular complexity index is 1510. The van der Waals surface area contributed by atoms with E-state index in [1.54, 1.807) is 27.5 Å². The first-order chi connectivity index (χ1) is 16.0. The summed E-state index contributed by atoms with van der Waals surface area (Å²) in [5, 5.41) is 11.8. The minimum absolute atomic E-state index is 0.246. The predicted molar refractivity (Wildman–Crippen MR) is 122 cm³/mol. The van der Waals surface area contributed by atoms with Gasteiger partial charge in [0.05, 0.1) is 36.7 Å². The molecule has 0 aromatic carbocycles. The molecule has 6 rings (SSSR count). The van der Waals surface area contributed by atoms with Gasteiger partial charge in [-0.1, -0.05) is 22.9 Å². The van der Waals surface area contributed by atoms with Crippen molar-refractivity contribution >= 4 is 28.7 Å². The summed E-state index contributed by atoms with van der Waals surface area (Å²) in [7, 11) is 0. The monoisotopic (exact) mass is 460 g/mol. The minimum Gasteiger partial charge on any atom is -0.344 e. The zero-order chi connectivity index (χ0) is 22.5. The lowest BCUT2D eigenvalue weighted by atomic mass is 10.2. The van der Waals surface area contributed by atoms with E-state index in [-0.39, 0.29) is 12.5 Å². The van der Waals surface area contributed by atoms with Crippen molar-refractivity contribution in [1.82, 2.24) is 39.1 Å². The first-order valence-corrected chi connectivity index (χ1v) is 11.2. The number of aromatic nitrogens is 7. The van der Waals surface area contributed by atoms with Gasteiger partial charge < -0.3 is 9.72 Å². The summed E-state index contributed by atoms with van der Waals surface area (Å²) in [4.78, 5) is 21.6. The Morgan fingerprint density at radius 2 is 2.06 bits per heavy atom. The van der Waals surface area contributed by atoms with Crippen molar-refractivity contribution in [1.29, 1.82) is 0 Å². The molecule has 5 aromatic heterocycles. The van der Waals surface area contributed by atoms with Crippen molar-refractivity contribution in [2.24, 2.45) is 0 Å². The number of imidazole rings is 2. The Morgan fingerprint density at radius 3 is 2.91 bits per heavy atom. The van der Waals surface area contributed by atoms with Crippen molar-refractivity contribution in [2.45, 2.75) is 38.8 Å². The van der Waals surface area contributed by atoms with E-state index < -0.39 is 0 Å². The number of pyridine rings is 2. The smallest absolute Gasteiger partial charge is 0.287 e. The number of nitrogens with zero attached hydrogens (tertiary/aromatic N) is 7. The number of hydrogen-bond donors (Lipinski definition) is 1. The van der Waals surface area contributed by atoms with Gasteiger partial charge in [-0.25, -0.2) is 14.6 Å². The maximum atomic E-state index is 12.7. The fourth-order valence-electron chi connectivity index (χ4n) is 4.05. The van der Waals surface area contributed by atoms with Crippen LogP contribution in [-0.2, 0) is 13.1 Å². The van der Waals surface area contributed by atoms with Crippen molar-refractivity contribution in [3.05, 3.63) is 82.5 Å². The standard InChI is InChI=1S/C23H21ClN8O/c1-14-19(24)6-7-32-20(14)9-25-22(32)23(33)26-8-17-12-31(29-28-17)13-18-11-30-10-16(15-2-3-15)4-5-21(30)27-18/h4-7,9-12,15H,2-3,8,13H2,1H3,(H,26,33). The van der Waals surface area contributed by atoms with Crippen molar-refractivity contribution in [3.63, 3.8) is 0 Å². The van der Waals surface area contributed by atoms with E-state index in [4.69, 9.17) is 11.6 Å². The molecular formula is C23H21ClN8O. The van der Waals surface area contributed by atoms with Gasteiger partial charge in [-0.05, 0) is 48.9 Å². The van der Waals surface area contributed by atoms with Crippen LogP contribution in [0.1, 0.15) is 51.9 Å². The van der Waals surface area contributed by atoms with E-state index in [1.165, 1.54) is 18.4 Å². The van der Waals surface area contributed by atoms with Gasteiger partial charge in [0.1, 0.15) is 11.3 Å². The highest BCUT2D eigenvalue weighted by atomic mass is 35.5. The Balaban J connectivity index is 1.12. The van der Waals surface area contributed by atoms with Gasteiger partial charge in [0.2, 0.25) is 5.82 Å². The SMILES string of the molecule is Cc1c(Cl)ccn2c(C(=O)NCc3cn(Cc4cn5cc(C6CC6)ccc5n4)nn3)ncc12. The molecule has 0 bridgehead atoms. The molecule has 1 aliphatic carbocycles. The molecule has 1 fully saturated rings. The molecule has 0 atom stereocenters. The average molecular weight is 461 g/mol. The highest BCUT2D eigenvalue weighted by Crippen LogP contribution is 2.39. The van der Waals surface area contributed by atoms with Crippen LogP contribution in [0.3, 0.4) is 0 Å². The van der Waals surface area contributed by atoms with Crippen molar-refractivity contribution in [2.75, 3.05) is 0 Å². The average Bonchev–Trinajstić information content (AvgIpc) is 3.23. The zero-order valence-corrected chi connectivity index (χ0v) is 18.7. The molecule has 1 N–H and O–H groups in total. The van der Waals surface area contributed by atoms with Crippen molar-refractivity contribution < 1.29 is 4.79 Å². The van der Waals surface area contributed by atoms with E-state index in [1.807, 2.05) is 19.3 Å². The molecule has 10 heteroatoms. The Kier molecular flexibility index (Phi) is 4.65. The van der Waals surface area contributed by atoms with Crippen LogP contribution in [0, 0.1) is 6.92 Å². The molecule has 33 heavy (non-hydrogen) atoms. The second kappa shape index (κ2) is 7.70. The fraction of sp³-hybridized carbons (Fsp3) is 0.261. The second-order valence-corrected chi connectivity index (χ2v) is 8.86. The summed E-state index contributed by atoms with van der Waals surface area (Å²) in [5.41, 5.74) is 5.53. The lowest BCUT2D eigenvalue weighted by molar-refractivity contribution is 0.0939. The first kappa shape index (κ1) is 19.9. The third kappa shape index (κ3) is 3.74. The van der Waals surface area contributed by atoms with Gasteiger partial charge in [-0.15, -0.1) is 5.10 Å². The van der Waals surface area contributed by atoms with Gasteiger partial charge in [0.25, 0.3) is 5.91 Å². The first-order valence-electron chi connectivity index (χ1n) is 10.8. The number of carbonyl (C=O) groups excluding carboxylic acids is 1. The maximum Gasteiger partial charge on any atom is 0.287 e. The number of amides is 1. The summed E-state index contributed by atoms with van der Waals surface area (Å²) >= 11 is 6.16. The molecule has 0 saturated heterocycles. The Morgan fingerprint density at radius 1 is 1.18 bits per heavy atom. The van der Waals surface area contributed by atoms with Crippen LogP contribution in [0.25, 0.3) is 11.2 Å². The molecule has 0 spiro atoms. The number of halogens is 1. The lowest BCUT2D eigenvalue weighted by Gasteiger charge is -2.05. The third-order valence-electron chi connectivity index (χ3n) is 6.03. The van der Waals surface area contributed by atoms with Gasteiger partial charge in [0, 0.05) is 23.6 Å². The molecule has 0 aliphatic heterocycles.